The first-order chi connectivity index (χ1) is 16.5. The molecule has 0 saturated heterocycles. The molecule has 178 valence electrons. The third kappa shape index (κ3) is 4.97. The maximum atomic E-state index is 13.1. The highest BCUT2D eigenvalue weighted by molar-refractivity contribution is 5.87. The van der Waals surface area contributed by atoms with Crippen molar-refractivity contribution in [2.75, 3.05) is 26.9 Å². The van der Waals surface area contributed by atoms with E-state index in [-0.39, 0.29) is 6.03 Å². The smallest absolute Gasteiger partial charge is 0.322 e. The normalized spacial score (nSPS) is 16.1. The molecule has 34 heavy (non-hydrogen) atoms. The van der Waals surface area contributed by atoms with E-state index in [0.29, 0.717) is 43.6 Å². The van der Waals surface area contributed by atoms with Gasteiger partial charge in [-0.25, -0.2) is 4.79 Å². The van der Waals surface area contributed by atoms with Crippen molar-refractivity contribution in [3.8, 4) is 17.1 Å². The van der Waals surface area contributed by atoms with Gasteiger partial charge < -0.3 is 19.3 Å². The van der Waals surface area contributed by atoms with Crippen LogP contribution in [0.15, 0.2) is 58.8 Å². The summed E-state index contributed by atoms with van der Waals surface area (Å²) in [6.07, 6.45) is 0.716. The third-order valence-electron chi connectivity index (χ3n) is 5.86. The number of ether oxygens (including phenoxy) is 2. The molecule has 0 aliphatic carbocycles. The summed E-state index contributed by atoms with van der Waals surface area (Å²) in [6, 6.07) is 14.9. The summed E-state index contributed by atoms with van der Waals surface area (Å²) in [6.45, 7) is 7.65. The molecule has 1 atom stereocenters. The second kappa shape index (κ2) is 10.5. The number of rotatable bonds is 9. The number of aryl methyl sites for hydroxylation is 1. The predicted octanol–water partition coefficient (Wildman–Crippen LogP) is 4.98. The molecule has 0 spiro atoms. The van der Waals surface area contributed by atoms with Gasteiger partial charge in [-0.2, -0.15) is 4.98 Å². The first-order valence-corrected chi connectivity index (χ1v) is 11.4. The van der Waals surface area contributed by atoms with Crippen LogP contribution in [0.2, 0.25) is 0 Å². The van der Waals surface area contributed by atoms with Gasteiger partial charge in [0.1, 0.15) is 5.75 Å². The summed E-state index contributed by atoms with van der Waals surface area (Å²) in [5.41, 5.74) is 4.42. The van der Waals surface area contributed by atoms with Crippen molar-refractivity contribution in [1.82, 2.24) is 20.4 Å². The van der Waals surface area contributed by atoms with Crippen LogP contribution in [0, 0.1) is 6.92 Å². The van der Waals surface area contributed by atoms with Crippen LogP contribution in [0.25, 0.3) is 17.0 Å². The van der Waals surface area contributed by atoms with Crippen LogP contribution < -0.4 is 10.1 Å². The number of nitrogens with zero attached hydrogens (tertiary/aromatic N) is 3. The van der Waals surface area contributed by atoms with E-state index in [1.165, 1.54) is 0 Å². The second-order valence-corrected chi connectivity index (χ2v) is 8.15. The fourth-order valence-electron chi connectivity index (χ4n) is 4.02. The number of allylic oxidation sites excluding steroid dienone is 1. The highest BCUT2D eigenvalue weighted by Gasteiger charge is 2.35. The van der Waals surface area contributed by atoms with Crippen molar-refractivity contribution < 1.29 is 18.8 Å². The van der Waals surface area contributed by atoms with E-state index < -0.39 is 6.04 Å². The molecule has 1 N–H and O–H groups in total. The standard InChI is InChI=1S/C26H30N4O4/c1-5-33-15-7-14-30-18(3)22(23(27-26(30)31)20-8-6-9-21(16-20)32-4)25-28-24(29-34-25)19-12-10-17(2)11-13-19/h6,8-13,16,23H,5,7,14-15H2,1-4H3,(H,27,31). The van der Waals surface area contributed by atoms with Gasteiger partial charge >= 0.3 is 6.03 Å². The zero-order valence-electron chi connectivity index (χ0n) is 20.0. The van der Waals surface area contributed by atoms with Crippen LogP contribution in [-0.4, -0.2) is 47.9 Å². The molecule has 2 amide bonds. The summed E-state index contributed by atoms with van der Waals surface area (Å²) in [5.74, 6) is 1.57. The second-order valence-electron chi connectivity index (χ2n) is 8.15. The van der Waals surface area contributed by atoms with E-state index in [2.05, 4.69) is 10.5 Å². The first kappa shape index (κ1) is 23.5. The minimum absolute atomic E-state index is 0.177. The van der Waals surface area contributed by atoms with Crippen molar-refractivity contribution in [3.63, 3.8) is 0 Å². The molecule has 1 unspecified atom stereocenters. The molecule has 4 rings (SSSR count). The average Bonchev–Trinajstić information content (AvgIpc) is 3.33. The minimum atomic E-state index is -0.461. The van der Waals surface area contributed by atoms with Gasteiger partial charge in [0.25, 0.3) is 5.89 Å². The Morgan fingerprint density at radius 3 is 2.68 bits per heavy atom. The van der Waals surface area contributed by atoms with Crippen LogP contribution >= 0.6 is 0 Å². The minimum Gasteiger partial charge on any atom is -0.497 e. The Balaban J connectivity index is 1.74. The number of nitrogens with one attached hydrogen (secondary N) is 1. The van der Waals surface area contributed by atoms with Crippen LogP contribution in [0.3, 0.4) is 0 Å². The molecule has 8 heteroatoms. The Morgan fingerprint density at radius 1 is 1.15 bits per heavy atom. The Kier molecular flexibility index (Phi) is 7.27. The highest BCUT2D eigenvalue weighted by atomic mass is 16.5. The van der Waals surface area contributed by atoms with E-state index in [4.69, 9.17) is 19.0 Å². The molecule has 0 fully saturated rings. The largest absolute Gasteiger partial charge is 0.497 e. The molecule has 0 bridgehead atoms. The van der Waals surface area contributed by atoms with E-state index in [9.17, 15) is 4.79 Å². The van der Waals surface area contributed by atoms with Gasteiger partial charge in [-0.3, -0.25) is 4.90 Å². The number of methoxy groups -OCH3 is 1. The fourth-order valence-corrected chi connectivity index (χ4v) is 4.02. The molecule has 1 aromatic heterocycles. The topological polar surface area (TPSA) is 89.7 Å². The number of carbonyl (C=O) groups is 1. The monoisotopic (exact) mass is 462 g/mol. The molecule has 1 aliphatic rings. The van der Waals surface area contributed by atoms with Crippen LogP contribution in [0.5, 0.6) is 5.75 Å². The summed E-state index contributed by atoms with van der Waals surface area (Å²) in [7, 11) is 1.62. The van der Waals surface area contributed by atoms with Crippen molar-refractivity contribution in [3.05, 3.63) is 71.2 Å². The van der Waals surface area contributed by atoms with Crippen LogP contribution in [0.4, 0.5) is 4.79 Å². The quantitative estimate of drug-likeness (QED) is 0.451. The first-order valence-electron chi connectivity index (χ1n) is 11.4. The van der Waals surface area contributed by atoms with Gasteiger partial charge in [-0.1, -0.05) is 47.1 Å². The predicted molar refractivity (Wildman–Crippen MR) is 129 cm³/mol. The number of aromatic nitrogens is 2. The molecular formula is C26H30N4O4. The van der Waals surface area contributed by atoms with Gasteiger partial charge in [-0.05, 0) is 44.9 Å². The summed E-state index contributed by atoms with van der Waals surface area (Å²) >= 11 is 0. The third-order valence-corrected chi connectivity index (χ3v) is 5.86. The van der Waals surface area contributed by atoms with E-state index in [0.717, 1.165) is 28.0 Å². The SMILES string of the molecule is CCOCCCN1C(=O)NC(c2cccc(OC)c2)C(c2nc(-c3ccc(C)cc3)no2)=C1C. The lowest BCUT2D eigenvalue weighted by molar-refractivity contribution is 0.136. The van der Waals surface area contributed by atoms with Gasteiger partial charge in [-0.15, -0.1) is 0 Å². The summed E-state index contributed by atoms with van der Waals surface area (Å²) in [5, 5.41) is 7.34. The van der Waals surface area contributed by atoms with Gasteiger partial charge in [0.2, 0.25) is 5.82 Å². The number of carbonyl (C=O) groups excluding carboxylic acids is 1. The fraction of sp³-hybridized carbons (Fsp3) is 0.346. The van der Waals surface area contributed by atoms with Crippen molar-refractivity contribution in [2.24, 2.45) is 0 Å². The molecule has 2 aromatic carbocycles. The Hall–Kier alpha value is -3.65. The van der Waals surface area contributed by atoms with Crippen molar-refractivity contribution >= 4 is 11.6 Å². The average molecular weight is 463 g/mol. The lowest BCUT2D eigenvalue weighted by Gasteiger charge is -2.35. The lowest BCUT2D eigenvalue weighted by Crippen LogP contribution is -2.46. The molecule has 2 heterocycles. The zero-order chi connectivity index (χ0) is 24.1. The number of benzene rings is 2. The van der Waals surface area contributed by atoms with Crippen LogP contribution in [-0.2, 0) is 4.74 Å². The maximum Gasteiger partial charge on any atom is 0.322 e. The van der Waals surface area contributed by atoms with Gasteiger partial charge in [0.15, 0.2) is 0 Å². The molecule has 0 saturated carbocycles. The number of hydrogen-bond acceptors (Lipinski definition) is 6. The molecular weight excluding hydrogens is 432 g/mol. The van der Waals surface area contributed by atoms with E-state index in [1.54, 1.807) is 12.0 Å². The van der Waals surface area contributed by atoms with Crippen LogP contribution in [0.1, 0.15) is 43.3 Å². The number of hydrogen-bond donors (Lipinski definition) is 1. The zero-order valence-corrected chi connectivity index (χ0v) is 20.0. The lowest BCUT2D eigenvalue weighted by atomic mass is 9.94. The van der Waals surface area contributed by atoms with E-state index >= 15 is 0 Å². The Labute approximate surface area is 199 Å². The molecule has 3 aromatic rings. The van der Waals surface area contributed by atoms with Crippen molar-refractivity contribution in [1.29, 1.82) is 0 Å². The van der Waals surface area contributed by atoms with Gasteiger partial charge in [0, 0.05) is 31.0 Å². The molecule has 1 aliphatic heterocycles. The van der Waals surface area contributed by atoms with Gasteiger partial charge in [0.05, 0.1) is 18.7 Å². The van der Waals surface area contributed by atoms with Crippen molar-refractivity contribution in [2.45, 2.75) is 33.2 Å². The molecule has 8 nitrogen and oxygen atoms in total. The maximum absolute atomic E-state index is 13.1. The van der Waals surface area contributed by atoms with E-state index in [1.807, 2.05) is 69.3 Å². The number of amides is 2. The molecule has 0 radical (unpaired) electrons. The summed E-state index contributed by atoms with van der Waals surface area (Å²) < 4.78 is 16.6. The Morgan fingerprint density at radius 2 is 1.94 bits per heavy atom. The highest BCUT2D eigenvalue weighted by Crippen LogP contribution is 2.38. The summed E-state index contributed by atoms with van der Waals surface area (Å²) in [4.78, 5) is 19.5. The Bertz CT molecular complexity index is 1170. The number of urea groups is 1.